The Bertz CT molecular complexity index is 561. The van der Waals surface area contributed by atoms with Crippen molar-refractivity contribution < 1.29 is 14.3 Å². The molecule has 0 atom stereocenters. The second kappa shape index (κ2) is 6.16. The number of cyclic esters (lactones) is 2. The van der Waals surface area contributed by atoms with Crippen molar-refractivity contribution in [2.24, 2.45) is 0 Å². The van der Waals surface area contributed by atoms with Gasteiger partial charge in [-0.2, -0.15) is 0 Å². The van der Waals surface area contributed by atoms with Crippen molar-refractivity contribution in [3.05, 3.63) is 23.3 Å². The molecule has 0 unspecified atom stereocenters. The van der Waals surface area contributed by atoms with Crippen molar-refractivity contribution in [3.8, 4) is 0 Å². The summed E-state index contributed by atoms with van der Waals surface area (Å²) in [5, 5.41) is 0. The van der Waals surface area contributed by atoms with E-state index < -0.39 is 11.9 Å². The fraction of sp³-hybridized carbons (Fsp3) is 0.500. The van der Waals surface area contributed by atoms with Crippen LogP contribution in [-0.2, 0) is 4.74 Å². The van der Waals surface area contributed by atoms with E-state index in [1.807, 2.05) is 19.9 Å². The van der Waals surface area contributed by atoms with Crippen molar-refractivity contribution in [2.75, 3.05) is 36.0 Å². The van der Waals surface area contributed by atoms with E-state index in [1.54, 1.807) is 6.07 Å². The summed E-state index contributed by atoms with van der Waals surface area (Å²) in [6.07, 6.45) is 0. The lowest BCUT2D eigenvalue weighted by Gasteiger charge is -2.27. The third-order valence-electron chi connectivity index (χ3n) is 3.94. The molecule has 2 rings (SSSR count). The number of nitrogens with zero attached hydrogens (tertiary/aromatic N) is 2. The van der Waals surface area contributed by atoms with Crippen LogP contribution >= 0.6 is 0 Å². The zero-order valence-corrected chi connectivity index (χ0v) is 13.1. The molecular weight excluding hydrogens is 268 g/mol. The maximum absolute atomic E-state index is 12.0. The second-order valence-electron chi connectivity index (χ2n) is 4.91. The lowest BCUT2D eigenvalue weighted by Crippen LogP contribution is -2.26. The lowest BCUT2D eigenvalue weighted by atomic mass is 10.0. The van der Waals surface area contributed by atoms with Crippen molar-refractivity contribution in [2.45, 2.75) is 27.7 Å². The molecule has 0 aliphatic carbocycles. The van der Waals surface area contributed by atoms with Gasteiger partial charge in [-0.1, -0.05) is 0 Å². The maximum atomic E-state index is 12.0. The van der Waals surface area contributed by atoms with Gasteiger partial charge in [0.05, 0.1) is 16.8 Å². The molecule has 1 aromatic rings. The minimum atomic E-state index is -0.544. The molecule has 1 aromatic carbocycles. The molecule has 0 aromatic heterocycles. The van der Waals surface area contributed by atoms with Crippen LogP contribution in [0.25, 0.3) is 0 Å². The summed E-state index contributed by atoms with van der Waals surface area (Å²) < 4.78 is 4.79. The summed E-state index contributed by atoms with van der Waals surface area (Å²) in [5.41, 5.74) is 2.52. The molecule has 0 saturated carbocycles. The normalized spacial score (nSPS) is 13.1. The molecule has 114 valence electrons. The molecule has 0 saturated heterocycles. The average Bonchev–Trinajstić information content (AvgIpc) is 2.77. The largest absolute Gasteiger partial charge is 0.386 e. The first-order chi connectivity index (χ1) is 10.1. The predicted octanol–water partition coefficient (Wildman–Crippen LogP) is 2.69. The first-order valence-electron chi connectivity index (χ1n) is 7.51. The van der Waals surface area contributed by atoms with E-state index in [0.717, 1.165) is 37.6 Å². The number of esters is 2. The van der Waals surface area contributed by atoms with Crippen LogP contribution in [0.4, 0.5) is 11.4 Å². The fourth-order valence-electron chi connectivity index (χ4n) is 2.76. The SMILES string of the molecule is CCN(CC)c1cc2c(c(N(CC)CC)c1)C(=O)OC2=O. The minimum Gasteiger partial charge on any atom is -0.386 e. The number of carbonyl (C=O) groups is 2. The van der Waals surface area contributed by atoms with Crippen LogP contribution < -0.4 is 9.80 Å². The summed E-state index contributed by atoms with van der Waals surface area (Å²) in [5.74, 6) is -1.08. The fourth-order valence-corrected chi connectivity index (χ4v) is 2.76. The van der Waals surface area contributed by atoms with Gasteiger partial charge in [0.15, 0.2) is 0 Å². The van der Waals surface area contributed by atoms with Crippen LogP contribution in [0, 0.1) is 0 Å². The highest BCUT2D eigenvalue weighted by Gasteiger charge is 2.34. The van der Waals surface area contributed by atoms with Gasteiger partial charge in [0.2, 0.25) is 0 Å². The van der Waals surface area contributed by atoms with Gasteiger partial charge < -0.3 is 14.5 Å². The number of carbonyl (C=O) groups excluding carboxylic acids is 2. The number of rotatable bonds is 6. The quantitative estimate of drug-likeness (QED) is 0.595. The molecule has 0 bridgehead atoms. The van der Waals surface area contributed by atoms with Crippen LogP contribution in [0.15, 0.2) is 12.1 Å². The lowest BCUT2D eigenvalue weighted by molar-refractivity contribution is 0.0444. The third-order valence-corrected chi connectivity index (χ3v) is 3.94. The standard InChI is InChI=1S/C16H22N2O3/c1-5-17(6-2)11-9-12-14(16(20)21-15(12)19)13(10-11)18(7-3)8-4/h9-10H,5-8H2,1-4H3. The highest BCUT2D eigenvalue weighted by Crippen LogP contribution is 2.35. The van der Waals surface area contributed by atoms with E-state index >= 15 is 0 Å². The Morgan fingerprint density at radius 2 is 1.43 bits per heavy atom. The molecule has 1 heterocycles. The van der Waals surface area contributed by atoms with Gasteiger partial charge in [-0.25, -0.2) is 9.59 Å². The van der Waals surface area contributed by atoms with Crippen molar-refractivity contribution in [1.29, 1.82) is 0 Å². The van der Waals surface area contributed by atoms with Gasteiger partial charge >= 0.3 is 11.9 Å². The summed E-state index contributed by atoms with van der Waals surface area (Å²) in [7, 11) is 0. The Kier molecular flexibility index (Phi) is 4.50. The zero-order chi connectivity index (χ0) is 15.6. The Labute approximate surface area is 125 Å². The number of benzene rings is 1. The maximum Gasteiger partial charge on any atom is 0.349 e. The van der Waals surface area contributed by atoms with E-state index in [9.17, 15) is 9.59 Å². The van der Waals surface area contributed by atoms with E-state index in [1.165, 1.54) is 0 Å². The van der Waals surface area contributed by atoms with E-state index in [4.69, 9.17) is 4.74 Å². The molecular formula is C16H22N2O3. The summed E-state index contributed by atoms with van der Waals surface area (Å²) in [6.45, 7) is 11.4. The van der Waals surface area contributed by atoms with E-state index in [0.29, 0.717) is 11.1 Å². The Balaban J connectivity index is 2.64. The van der Waals surface area contributed by atoms with Crippen LogP contribution in [0.2, 0.25) is 0 Å². The third kappa shape index (κ3) is 2.60. The molecule has 1 aliphatic heterocycles. The smallest absolute Gasteiger partial charge is 0.349 e. The van der Waals surface area contributed by atoms with Crippen molar-refractivity contribution >= 4 is 23.3 Å². The molecule has 0 radical (unpaired) electrons. The van der Waals surface area contributed by atoms with Gasteiger partial charge in [-0.05, 0) is 39.8 Å². The first-order valence-corrected chi connectivity index (χ1v) is 7.51. The number of anilines is 2. The molecule has 0 fully saturated rings. The average molecular weight is 290 g/mol. The first kappa shape index (κ1) is 15.4. The van der Waals surface area contributed by atoms with Crippen molar-refractivity contribution in [3.63, 3.8) is 0 Å². The van der Waals surface area contributed by atoms with Crippen LogP contribution in [0.5, 0.6) is 0 Å². The van der Waals surface area contributed by atoms with Gasteiger partial charge in [0.25, 0.3) is 0 Å². The van der Waals surface area contributed by atoms with Gasteiger partial charge in [-0.15, -0.1) is 0 Å². The molecule has 0 N–H and O–H groups in total. The van der Waals surface area contributed by atoms with Gasteiger partial charge in [0.1, 0.15) is 0 Å². The van der Waals surface area contributed by atoms with Gasteiger partial charge in [-0.3, -0.25) is 0 Å². The Morgan fingerprint density at radius 3 is 1.95 bits per heavy atom. The molecule has 5 heteroatoms. The Morgan fingerprint density at radius 1 is 0.857 bits per heavy atom. The molecule has 0 spiro atoms. The van der Waals surface area contributed by atoms with E-state index in [-0.39, 0.29) is 0 Å². The summed E-state index contributed by atoms with van der Waals surface area (Å²) >= 11 is 0. The molecule has 21 heavy (non-hydrogen) atoms. The van der Waals surface area contributed by atoms with Crippen molar-refractivity contribution in [1.82, 2.24) is 0 Å². The predicted molar refractivity (Wildman–Crippen MR) is 83.3 cm³/mol. The summed E-state index contributed by atoms with van der Waals surface area (Å²) in [4.78, 5) is 28.1. The van der Waals surface area contributed by atoms with Gasteiger partial charge in [0, 0.05) is 31.9 Å². The monoisotopic (exact) mass is 290 g/mol. The Hall–Kier alpha value is -2.04. The highest BCUT2D eigenvalue weighted by molar-refractivity contribution is 6.18. The zero-order valence-electron chi connectivity index (χ0n) is 13.1. The molecule has 1 aliphatic rings. The second-order valence-corrected chi connectivity index (χ2v) is 4.91. The minimum absolute atomic E-state index is 0.381. The van der Waals surface area contributed by atoms with E-state index in [2.05, 4.69) is 23.6 Å². The number of fused-ring (bicyclic) bond motifs is 1. The molecule has 0 amide bonds. The number of hydrogen-bond acceptors (Lipinski definition) is 5. The van der Waals surface area contributed by atoms with Crippen LogP contribution in [-0.4, -0.2) is 38.1 Å². The number of hydrogen-bond donors (Lipinski definition) is 0. The summed E-state index contributed by atoms with van der Waals surface area (Å²) in [6, 6.07) is 3.75. The highest BCUT2D eigenvalue weighted by atomic mass is 16.6. The molecule has 5 nitrogen and oxygen atoms in total. The topological polar surface area (TPSA) is 49.9 Å². The van der Waals surface area contributed by atoms with Crippen LogP contribution in [0.3, 0.4) is 0 Å². The van der Waals surface area contributed by atoms with Crippen LogP contribution in [0.1, 0.15) is 48.4 Å². The number of ether oxygens (including phenoxy) is 1.